The molecule has 1 aromatic rings. The van der Waals surface area contributed by atoms with Crippen LogP contribution in [0.25, 0.3) is 0 Å². The Morgan fingerprint density at radius 1 is 1.24 bits per heavy atom. The minimum absolute atomic E-state index is 0.0688. The molecule has 0 aromatic heterocycles. The molecule has 1 aromatic carbocycles. The predicted octanol–water partition coefficient (Wildman–Crippen LogP) is 3.03. The smallest absolute Gasteiger partial charge is 0.265 e. The van der Waals surface area contributed by atoms with Gasteiger partial charge in [0.25, 0.3) is 5.91 Å². The second-order valence-electron chi connectivity index (χ2n) is 8.14. The van der Waals surface area contributed by atoms with Crippen LogP contribution in [0.1, 0.15) is 52.9 Å². The Labute approximate surface area is 174 Å². The number of nitrogens with zero attached hydrogens (tertiary/aromatic N) is 1. The van der Waals surface area contributed by atoms with Crippen molar-refractivity contribution in [2.24, 2.45) is 5.92 Å². The van der Waals surface area contributed by atoms with Crippen LogP contribution >= 0.6 is 0 Å². The Kier molecular flexibility index (Phi) is 8.48. The van der Waals surface area contributed by atoms with Crippen molar-refractivity contribution in [1.82, 2.24) is 10.4 Å². The largest absolute Gasteiger partial charge is 0.494 e. The highest BCUT2D eigenvalue weighted by atomic mass is 32.2. The van der Waals surface area contributed by atoms with Crippen LogP contribution in [0, 0.1) is 5.92 Å². The van der Waals surface area contributed by atoms with E-state index in [1.165, 1.54) is 12.1 Å². The number of hydrogen-bond donors (Lipinski definition) is 2. The summed E-state index contributed by atoms with van der Waals surface area (Å²) in [6, 6.07) is 6.20. The molecule has 0 bridgehead atoms. The SMILES string of the molecule is CCCCN1CCC(C(=O)NO)(S(=O)(=O)c2ccc(OCCC(C)C)cc2)CC1. The molecular weight excluding hydrogens is 392 g/mol. The summed E-state index contributed by atoms with van der Waals surface area (Å²) in [4.78, 5) is 14.8. The summed E-state index contributed by atoms with van der Waals surface area (Å²) in [5.41, 5.74) is 1.60. The molecule has 0 aliphatic carbocycles. The monoisotopic (exact) mass is 426 g/mol. The standard InChI is InChI=1S/C21H34N2O5S/c1-4-5-13-23-14-11-21(12-15-23,20(24)22-25)29(26,27)19-8-6-18(7-9-19)28-16-10-17(2)3/h6-9,17,25H,4-5,10-16H2,1-3H3,(H,22,24). The lowest BCUT2D eigenvalue weighted by Crippen LogP contribution is -2.57. The van der Waals surface area contributed by atoms with E-state index in [4.69, 9.17) is 4.74 Å². The summed E-state index contributed by atoms with van der Waals surface area (Å²) in [5, 5.41) is 9.26. The van der Waals surface area contributed by atoms with E-state index in [-0.39, 0.29) is 17.7 Å². The highest BCUT2D eigenvalue weighted by Crippen LogP contribution is 2.36. The van der Waals surface area contributed by atoms with Gasteiger partial charge in [0, 0.05) is 13.1 Å². The normalized spacial score (nSPS) is 17.3. The molecule has 1 aliphatic heterocycles. The van der Waals surface area contributed by atoms with Gasteiger partial charge in [0.2, 0.25) is 0 Å². The molecule has 0 radical (unpaired) electrons. The van der Waals surface area contributed by atoms with Crippen molar-refractivity contribution in [2.45, 2.75) is 62.5 Å². The molecule has 2 N–H and O–H groups in total. The third-order valence-electron chi connectivity index (χ3n) is 5.62. The highest BCUT2D eigenvalue weighted by molar-refractivity contribution is 7.93. The number of piperidine rings is 1. The van der Waals surface area contributed by atoms with Gasteiger partial charge in [-0.2, -0.15) is 0 Å². The number of amides is 1. The first-order valence-electron chi connectivity index (χ1n) is 10.4. The molecule has 29 heavy (non-hydrogen) atoms. The maximum Gasteiger partial charge on any atom is 0.265 e. The molecule has 8 heteroatoms. The average molecular weight is 427 g/mol. The van der Waals surface area contributed by atoms with E-state index >= 15 is 0 Å². The van der Waals surface area contributed by atoms with Crippen LogP contribution in [0.5, 0.6) is 5.75 Å². The number of carbonyl (C=O) groups excluding carboxylic acids is 1. The van der Waals surface area contributed by atoms with Gasteiger partial charge < -0.3 is 9.64 Å². The molecule has 1 fully saturated rings. The maximum absolute atomic E-state index is 13.4. The van der Waals surface area contributed by atoms with Crippen LogP contribution in [0.2, 0.25) is 0 Å². The van der Waals surface area contributed by atoms with Gasteiger partial charge in [-0.3, -0.25) is 10.0 Å². The zero-order valence-corrected chi connectivity index (χ0v) is 18.5. The van der Waals surface area contributed by atoms with Crippen molar-refractivity contribution >= 4 is 15.7 Å². The second-order valence-corrected chi connectivity index (χ2v) is 10.4. The summed E-state index contributed by atoms with van der Waals surface area (Å²) in [5.74, 6) is 0.263. The zero-order chi connectivity index (χ0) is 21.5. The molecule has 1 heterocycles. The van der Waals surface area contributed by atoms with Crippen LogP contribution in [-0.4, -0.2) is 55.4 Å². The average Bonchev–Trinajstić information content (AvgIpc) is 2.72. The molecule has 164 valence electrons. The van der Waals surface area contributed by atoms with Crippen LogP contribution < -0.4 is 10.2 Å². The van der Waals surface area contributed by atoms with E-state index in [1.807, 2.05) is 0 Å². The van der Waals surface area contributed by atoms with Gasteiger partial charge in [-0.05, 0) is 62.4 Å². The third-order valence-corrected chi connectivity index (χ3v) is 8.13. The van der Waals surface area contributed by atoms with Crippen LogP contribution in [0.4, 0.5) is 0 Å². The van der Waals surface area contributed by atoms with Crippen molar-refractivity contribution in [3.05, 3.63) is 24.3 Å². The number of unbranched alkanes of at least 4 members (excludes halogenated alkanes) is 1. The summed E-state index contributed by atoms with van der Waals surface area (Å²) in [6.45, 7) is 8.78. The number of sulfone groups is 1. The minimum atomic E-state index is -3.98. The molecule has 1 amide bonds. The van der Waals surface area contributed by atoms with Crippen LogP contribution in [0.3, 0.4) is 0 Å². The van der Waals surface area contributed by atoms with Gasteiger partial charge >= 0.3 is 0 Å². The second kappa shape index (κ2) is 10.4. The molecular formula is C21H34N2O5S. The number of hydroxylamine groups is 1. The lowest BCUT2D eigenvalue weighted by Gasteiger charge is -2.39. The lowest BCUT2D eigenvalue weighted by atomic mass is 9.94. The zero-order valence-electron chi connectivity index (χ0n) is 17.7. The fraction of sp³-hybridized carbons (Fsp3) is 0.667. The van der Waals surface area contributed by atoms with E-state index in [0.29, 0.717) is 31.4 Å². The van der Waals surface area contributed by atoms with Crippen molar-refractivity contribution < 1.29 is 23.2 Å². The number of hydrogen-bond acceptors (Lipinski definition) is 6. The van der Waals surface area contributed by atoms with Crippen molar-refractivity contribution in [3.63, 3.8) is 0 Å². The molecule has 1 aliphatic rings. The molecule has 2 rings (SSSR count). The summed E-state index contributed by atoms with van der Waals surface area (Å²) >= 11 is 0. The van der Waals surface area contributed by atoms with Gasteiger partial charge in [0.1, 0.15) is 5.75 Å². The van der Waals surface area contributed by atoms with E-state index in [9.17, 15) is 18.4 Å². The van der Waals surface area contributed by atoms with Gasteiger partial charge in [-0.1, -0.05) is 27.2 Å². The first-order chi connectivity index (χ1) is 13.8. The van der Waals surface area contributed by atoms with Crippen LogP contribution in [-0.2, 0) is 14.6 Å². The Bertz CT molecular complexity index is 754. The lowest BCUT2D eigenvalue weighted by molar-refractivity contribution is -0.133. The number of rotatable bonds is 10. The van der Waals surface area contributed by atoms with Gasteiger partial charge in [0.05, 0.1) is 11.5 Å². The quantitative estimate of drug-likeness (QED) is 0.441. The van der Waals surface area contributed by atoms with Crippen molar-refractivity contribution in [3.8, 4) is 5.75 Å². The Hall–Kier alpha value is -1.64. The van der Waals surface area contributed by atoms with E-state index in [1.54, 1.807) is 17.6 Å². The maximum atomic E-state index is 13.4. The number of nitrogens with one attached hydrogen (secondary N) is 1. The first kappa shape index (κ1) is 23.6. The van der Waals surface area contributed by atoms with Crippen molar-refractivity contribution in [1.29, 1.82) is 0 Å². The number of benzene rings is 1. The van der Waals surface area contributed by atoms with Crippen molar-refractivity contribution in [2.75, 3.05) is 26.2 Å². The molecule has 0 atom stereocenters. The van der Waals surface area contributed by atoms with Gasteiger partial charge in [0.15, 0.2) is 14.6 Å². The van der Waals surface area contributed by atoms with E-state index in [0.717, 1.165) is 25.8 Å². The Balaban J connectivity index is 2.19. The minimum Gasteiger partial charge on any atom is -0.494 e. The van der Waals surface area contributed by atoms with E-state index < -0.39 is 20.5 Å². The number of likely N-dealkylation sites (tertiary alicyclic amines) is 1. The summed E-state index contributed by atoms with van der Waals surface area (Å²) in [7, 11) is -3.98. The molecule has 0 saturated carbocycles. The molecule has 0 unspecified atom stereocenters. The summed E-state index contributed by atoms with van der Waals surface area (Å²) in [6.07, 6.45) is 3.30. The highest BCUT2D eigenvalue weighted by Gasteiger charge is 2.52. The first-order valence-corrected chi connectivity index (χ1v) is 11.9. The van der Waals surface area contributed by atoms with Gasteiger partial charge in [-0.15, -0.1) is 0 Å². The molecule has 7 nitrogen and oxygen atoms in total. The predicted molar refractivity (Wildman–Crippen MR) is 112 cm³/mol. The summed E-state index contributed by atoms with van der Waals surface area (Å²) < 4.78 is 30.8. The molecule has 0 spiro atoms. The topological polar surface area (TPSA) is 95.9 Å². The molecule has 1 saturated heterocycles. The number of carbonyl (C=O) groups is 1. The third kappa shape index (κ3) is 5.49. The fourth-order valence-corrected chi connectivity index (χ4v) is 5.55. The van der Waals surface area contributed by atoms with Gasteiger partial charge in [-0.25, -0.2) is 13.9 Å². The fourth-order valence-electron chi connectivity index (χ4n) is 3.59. The van der Waals surface area contributed by atoms with E-state index in [2.05, 4.69) is 25.7 Å². The Morgan fingerprint density at radius 3 is 2.38 bits per heavy atom. The number of ether oxygens (including phenoxy) is 1. The van der Waals surface area contributed by atoms with Crippen LogP contribution in [0.15, 0.2) is 29.2 Å². The Morgan fingerprint density at radius 2 is 1.86 bits per heavy atom.